The second kappa shape index (κ2) is 4.95. The number of carbonyl (C=O) groups is 1. The average Bonchev–Trinajstić information content (AvgIpc) is 3.06. The van der Waals surface area contributed by atoms with Gasteiger partial charge in [0, 0.05) is 24.6 Å². The van der Waals surface area contributed by atoms with Crippen LogP contribution in [0.2, 0.25) is 0 Å². The van der Waals surface area contributed by atoms with E-state index in [2.05, 4.69) is 34.1 Å². The van der Waals surface area contributed by atoms with E-state index < -0.39 is 11.5 Å². The zero-order valence-electron chi connectivity index (χ0n) is 12.4. The molecule has 22 heavy (non-hydrogen) atoms. The fraction of sp³-hybridized carbons (Fsp3) is 0.412. The topological polar surface area (TPSA) is 58.4 Å². The van der Waals surface area contributed by atoms with Crippen molar-refractivity contribution in [1.29, 1.82) is 0 Å². The van der Waals surface area contributed by atoms with E-state index in [-0.39, 0.29) is 0 Å². The molecule has 1 saturated carbocycles. The summed E-state index contributed by atoms with van der Waals surface area (Å²) in [5.41, 5.74) is 1.65. The third kappa shape index (κ3) is 2.04. The predicted molar refractivity (Wildman–Crippen MR) is 81.7 cm³/mol. The number of carboxylic acid groups (broad SMARTS) is 1. The lowest BCUT2D eigenvalue weighted by Gasteiger charge is -2.33. The number of nitrogens with zero attached hydrogens (tertiary/aromatic N) is 3. The quantitative estimate of drug-likeness (QED) is 0.941. The van der Waals surface area contributed by atoms with Gasteiger partial charge >= 0.3 is 5.97 Å². The van der Waals surface area contributed by atoms with Crippen LogP contribution in [0.15, 0.2) is 43.0 Å². The molecular weight excluding hydrogens is 278 g/mol. The Morgan fingerprint density at radius 2 is 2.18 bits per heavy atom. The van der Waals surface area contributed by atoms with Crippen molar-refractivity contribution in [3.63, 3.8) is 0 Å². The van der Waals surface area contributed by atoms with Crippen LogP contribution < -0.4 is 0 Å². The number of benzene rings is 1. The summed E-state index contributed by atoms with van der Waals surface area (Å²) in [6, 6.07) is 8.27. The summed E-state index contributed by atoms with van der Waals surface area (Å²) < 4.78 is 1.96. The molecule has 114 valence electrons. The Kier molecular flexibility index (Phi) is 3.04. The fourth-order valence-electron chi connectivity index (χ4n) is 3.80. The van der Waals surface area contributed by atoms with Gasteiger partial charge < -0.3 is 9.67 Å². The molecular formula is C17H19N3O2. The highest BCUT2D eigenvalue weighted by atomic mass is 16.4. The summed E-state index contributed by atoms with van der Waals surface area (Å²) >= 11 is 0. The van der Waals surface area contributed by atoms with Gasteiger partial charge in [0.15, 0.2) is 0 Å². The molecule has 1 N–H and O–H groups in total. The Morgan fingerprint density at radius 3 is 2.86 bits per heavy atom. The summed E-state index contributed by atoms with van der Waals surface area (Å²) in [5, 5.41) is 9.60. The van der Waals surface area contributed by atoms with Gasteiger partial charge in [0.05, 0.1) is 6.33 Å². The maximum Gasteiger partial charge on any atom is 0.324 e. The number of likely N-dealkylation sites (tertiary alicyclic amines) is 1. The summed E-state index contributed by atoms with van der Waals surface area (Å²) in [5.74, 6) is -0.295. The Morgan fingerprint density at radius 1 is 1.36 bits per heavy atom. The van der Waals surface area contributed by atoms with E-state index in [4.69, 9.17) is 0 Å². The second-order valence-corrected chi connectivity index (χ2v) is 6.33. The van der Waals surface area contributed by atoms with Crippen molar-refractivity contribution in [2.24, 2.45) is 5.92 Å². The number of imidazole rings is 1. The minimum absolute atomic E-state index is 0.351. The molecule has 1 aromatic carbocycles. The van der Waals surface area contributed by atoms with Crippen LogP contribution in [0.3, 0.4) is 0 Å². The Hall–Kier alpha value is -2.14. The highest BCUT2D eigenvalue weighted by Gasteiger charge is 2.65. The lowest BCUT2D eigenvalue weighted by Crippen LogP contribution is -2.47. The van der Waals surface area contributed by atoms with Crippen molar-refractivity contribution in [2.75, 3.05) is 6.54 Å². The van der Waals surface area contributed by atoms with Gasteiger partial charge in [-0.15, -0.1) is 0 Å². The van der Waals surface area contributed by atoms with Crippen LogP contribution in [0.5, 0.6) is 0 Å². The van der Waals surface area contributed by atoms with Crippen molar-refractivity contribution in [2.45, 2.75) is 31.3 Å². The monoisotopic (exact) mass is 297 g/mol. The molecule has 0 bridgehead atoms. The van der Waals surface area contributed by atoms with Crippen LogP contribution in [0.25, 0.3) is 5.69 Å². The maximum atomic E-state index is 11.7. The predicted octanol–water partition coefficient (Wildman–Crippen LogP) is 2.31. The molecule has 5 nitrogen and oxygen atoms in total. The molecule has 0 unspecified atom stereocenters. The van der Waals surface area contributed by atoms with E-state index in [1.807, 2.05) is 10.8 Å². The van der Waals surface area contributed by atoms with Gasteiger partial charge in [-0.2, -0.15) is 0 Å². The number of aromatic nitrogens is 2. The number of hydrogen-bond acceptors (Lipinski definition) is 3. The fourth-order valence-corrected chi connectivity index (χ4v) is 3.80. The SMILES string of the molecule is O=C(O)[C@]12C[C@H]1CCCN2Cc1ccc(-n2ccnc2)cc1. The zero-order chi connectivity index (χ0) is 15.2. The Labute approximate surface area is 129 Å². The molecule has 5 heteroatoms. The Balaban J connectivity index is 1.52. The van der Waals surface area contributed by atoms with E-state index >= 15 is 0 Å². The van der Waals surface area contributed by atoms with Gasteiger partial charge in [-0.25, -0.2) is 4.98 Å². The number of hydrogen-bond donors (Lipinski definition) is 1. The summed E-state index contributed by atoms with van der Waals surface area (Å²) in [7, 11) is 0. The van der Waals surface area contributed by atoms with E-state index in [0.29, 0.717) is 12.5 Å². The molecule has 0 amide bonds. The second-order valence-electron chi connectivity index (χ2n) is 6.33. The normalized spacial score (nSPS) is 27.4. The van der Waals surface area contributed by atoms with E-state index in [1.165, 1.54) is 0 Å². The third-order valence-corrected chi connectivity index (χ3v) is 5.10. The first-order valence-electron chi connectivity index (χ1n) is 7.76. The van der Waals surface area contributed by atoms with Crippen LogP contribution in [0.1, 0.15) is 24.8 Å². The zero-order valence-corrected chi connectivity index (χ0v) is 12.4. The molecule has 2 atom stereocenters. The molecule has 1 aliphatic heterocycles. The van der Waals surface area contributed by atoms with Crippen LogP contribution >= 0.6 is 0 Å². The van der Waals surface area contributed by atoms with Crippen molar-refractivity contribution in [3.8, 4) is 5.69 Å². The minimum Gasteiger partial charge on any atom is -0.480 e. The van der Waals surface area contributed by atoms with Crippen LogP contribution in [0, 0.1) is 5.92 Å². The van der Waals surface area contributed by atoms with E-state index in [0.717, 1.165) is 37.1 Å². The van der Waals surface area contributed by atoms with Gasteiger partial charge in [-0.1, -0.05) is 12.1 Å². The van der Waals surface area contributed by atoms with Gasteiger partial charge in [0.1, 0.15) is 5.54 Å². The smallest absolute Gasteiger partial charge is 0.324 e. The largest absolute Gasteiger partial charge is 0.480 e. The molecule has 1 aromatic heterocycles. The highest BCUT2D eigenvalue weighted by molar-refractivity contribution is 5.83. The number of carboxylic acids is 1. The molecule has 2 aromatic rings. The molecule has 2 aliphatic rings. The van der Waals surface area contributed by atoms with Crippen LogP contribution in [0.4, 0.5) is 0 Å². The van der Waals surface area contributed by atoms with E-state index in [9.17, 15) is 9.90 Å². The highest BCUT2D eigenvalue weighted by Crippen LogP contribution is 2.54. The summed E-state index contributed by atoms with van der Waals surface area (Å²) in [6.45, 7) is 1.60. The van der Waals surface area contributed by atoms with Crippen molar-refractivity contribution in [1.82, 2.24) is 14.5 Å². The average molecular weight is 297 g/mol. The molecule has 0 spiro atoms. The van der Waals surface area contributed by atoms with Crippen molar-refractivity contribution < 1.29 is 9.90 Å². The first-order chi connectivity index (χ1) is 10.7. The van der Waals surface area contributed by atoms with Gasteiger partial charge in [-0.3, -0.25) is 9.69 Å². The van der Waals surface area contributed by atoms with Gasteiger partial charge in [-0.05, 0) is 49.4 Å². The maximum absolute atomic E-state index is 11.7. The number of rotatable bonds is 4. The lowest BCUT2D eigenvalue weighted by molar-refractivity contribution is -0.147. The van der Waals surface area contributed by atoms with Gasteiger partial charge in [0.2, 0.25) is 0 Å². The first-order valence-corrected chi connectivity index (χ1v) is 7.76. The van der Waals surface area contributed by atoms with E-state index in [1.54, 1.807) is 12.5 Å². The molecule has 1 aliphatic carbocycles. The Bertz CT molecular complexity index is 680. The first kappa shape index (κ1) is 13.5. The van der Waals surface area contributed by atoms with Gasteiger partial charge in [0.25, 0.3) is 0 Å². The number of aliphatic carboxylic acids is 1. The lowest BCUT2D eigenvalue weighted by atomic mass is 10.0. The van der Waals surface area contributed by atoms with Crippen LogP contribution in [-0.2, 0) is 11.3 Å². The standard InChI is InChI=1S/C17H19N3O2/c21-16(22)17-10-14(17)2-1-8-20(17)11-13-3-5-15(6-4-13)19-9-7-18-12-19/h3-7,9,12,14H,1-2,8,10-11H2,(H,21,22)/t14-,17+/m1/s1. The number of fused-ring (bicyclic) bond motifs is 1. The molecule has 2 fully saturated rings. The summed E-state index contributed by atoms with van der Waals surface area (Å²) in [4.78, 5) is 17.9. The summed E-state index contributed by atoms with van der Waals surface area (Å²) in [6.07, 6.45) is 8.41. The third-order valence-electron chi connectivity index (χ3n) is 5.10. The molecule has 2 heterocycles. The number of piperidine rings is 1. The molecule has 0 radical (unpaired) electrons. The minimum atomic E-state index is -0.646. The van der Waals surface area contributed by atoms with Crippen molar-refractivity contribution >= 4 is 5.97 Å². The molecule has 4 rings (SSSR count). The molecule has 1 saturated heterocycles. The van der Waals surface area contributed by atoms with Crippen LogP contribution in [-0.4, -0.2) is 37.6 Å². The van der Waals surface area contributed by atoms with Crippen molar-refractivity contribution in [3.05, 3.63) is 48.5 Å².